The SMILES string of the molecule is CCOCC(OCC)(Sc1ccc(Cl)cc1)Sc1cccc(OCc2cc(C)cc(=O)n2O)c1. The second kappa shape index (κ2) is 12.6. The van der Waals surface area contributed by atoms with Gasteiger partial charge in [-0.05, 0) is 74.9 Å². The maximum atomic E-state index is 11.8. The van der Waals surface area contributed by atoms with E-state index in [2.05, 4.69) is 0 Å². The third kappa shape index (κ3) is 7.45. The van der Waals surface area contributed by atoms with Crippen molar-refractivity contribution in [2.24, 2.45) is 0 Å². The molecule has 0 aliphatic carbocycles. The minimum absolute atomic E-state index is 0.0522. The predicted octanol–water partition coefficient (Wildman–Crippen LogP) is 6.24. The van der Waals surface area contributed by atoms with E-state index in [1.165, 1.54) is 6.07 Å². The van der Waals surface area contributed by atoms with Gasteiger partial charge in [-0.1, -0.05) is 41.2 Å². The van der Waals surface area contributed by atoms with Crippen LogP contribution >= 0.6 is 35.1 Å². The molecule has 0 radical (unpaired) electrons. The van der Waals surface area contributed by atoms with Crippen LogP contribution < -0.4 is 10.3 Å². The fraction of sp³-hybridized carbons (Fsp3) is 0.320. The van der Waals surface area contributed by atoms with Crippen molar-refractivity contribution in [1.29, 1.82) is 0 Å². The average molecular weight is 522 g/mol. The van der Waals surface area contributed by atoms with Gasteiger partial charge in [0, 0.05) is 34.1 Å². The first-order chi connectivity index (χ1) is 16.3. The molecule has 0 amide bonds. The summed E-state index contributed by atoms with van der Waals surface area (Å²) in [6.45, 7) is 7.22. The van der Waals surface area contributed by atoms with Gasteiger partial charge in [-0.3, -0.25) is 4.79 Å². The van der Waals surface area contributed by atoms with Gasteiger partial charge in [0.1, 0.15) is 12.4 Å². The number of pyridine rings is 1. The Hall–Kier alpha value is -2.10. The summed E-state index contributed by atoms with van der Waals surface area (Å²) in [7, 11) is 0. The number of nitrogens with zero attached hydrogens (tertiary/aromatic N) is 1. The first-order valence-corrected chi connectivity index (χ1v) is 12.8. The minimum atomic E-state index is -0.723. The van der Waals surface area contributed by atoms with Crippen molar-refractivity contribution in [1.82, 2.24) is 4.73 Å². The van der Waals surface area contributed by atoms with E-state index in [1.807, 2.05) is 62.4 Å². The molecule has 1 atom stereocenters. The fourth-order valence-electron chi connectivity index (χ4n) is 3.14. The molecule has 3 aromatic rings. The van der Waals surface area contributed by atoms with Crippen molar-refractivity contribution < 1.29 is 19.4 Å². The largest absolute Gasteiger partial charge is 0.487 e. The van der Waals surface area contributed by atoms with E-state index in [4.69, 9.17) is 25.8 Å². The first kappa shape index (κ1) is 26.5. The van der Waals surface area contributed by atoms with Crippen molar-refractivity contribution in [3.8, 4) is 5.75 Å². The maximum Gasteiger partial charge on any atom is 0.283 e. The molecule has 182 valence electrons. The van der Waals surface area contributed by atoms with Crippen LogP contribution in [0.2, 0.25) is 5.02 Å². The Morgan fingerprint density at radius 2 is 1.74 bits per heavy atom. The summed E-state index contributed by atoms with van der Waals surface area (Å²) in [4.78, 5) is 13.8. The van der Waals surface area contributed by atoms with Crippen molar-refractivity contribution in [2.45, 2.75) is 41.4 Å². The van der Waals surface area contributed by atoms with Gasteiger partial charge in [-0.15, -0.1) is 4.73 Å². The zero-order valence-corrected chi connectivity index (χ0v) is 21.7. The molecule has 34 heavy (non-hydrogen) atoms. The van der Waals surface area contributed by atoms with E-state index >= 15 is 0 Å². The Morgan fingerprint density at radius 3 is 2.44 bits per heavy atom. The topological polar surface area (TPSA) is 69.9 Å². The smallest absolute Gasteiger partial charge is 0.283 e. The third-order valence-corrected chi connectivity index (χ3v) is 7.47. The maximum absolute atomic E-state index is 11.8. The van der Waals surface area contributed by atoms with E-state index in [0.717, 1.165) is 15.4 Å². The zero-order valence-electron chi connectivity index (χ0n) is 19.3. The normalized spacial score (nSPS) is 12.9. The van der Waals surface area contributed by atoms with E-state index in [0.29, 0.717) is 41.0 Å². The van der Waals surface area contributed by atoms with Crippen LogP contribution in [0.4, 0.5) is 0 Å². The van der Waals surface area contributed by atoms with E-state index in [1.54, 1.807) is 36.5 Å². The van der Waals surface area contributed by atoms with Gasteiger partial charge in [0.25, 0.3) is 5.56 Å². The second-order valence-electron chi connectivity index (χ2n) is 7.35. The van der Waals surface area contributed by atoms with Gasteiger partial charge >= 0.3 is 0 Å². The lowest BCUT2D eigenvalue weighted by Crippen LogP contribution is -2.31. The van der Waals surface area contributed by atoms with Crippen molar-refractivity contribution in [3.63, 3.8) is 0 Å². The Balaban J connectivity index is 1.81. The van der Waals surface area contributed by atoms with Crippen LogP contribution in [0.25, 0.3) is 0 Å². The fourth-order valence-corrected chi connectivity index (χ4v) is 5.96. The number of rotatable bonds is 12. The first-order valence-electron chi connectivity index (χ1n) is 10.8. The van der Waals surface area contributed by atoms with Gasteiger partial charge in [-0.2, -0.15) is 0 Å². The summed E-state index contributed by atoms with van der Waals surface area (Å²) < 4.78 is 17.8. The van der Waals surface area contributed by atoms with Crippen molar-refractivity contribution in [2.75, 3.05) is 19.8 Å². The molecule has 1 aromatic heterocycles. The lowest BCUT2D eigenvalue weighted by atomic mass is 10.2. The molecule has 0 spiro atoms. The van der Waals surface area contributed by atoms with E-state index in [9.17, 15) is 10.0 Å². The van der Waals surface area contributed by atoms with Crippen LogP contribution in [0, 0.1) is 6.92 Å². The molecule has 0 bridgehead atoms. The van der Waals surface area contributed by atoms with Crippen LogP contribution in [0.15, 0.2) is 75.2 Å². The molecule has 0 fully saturated rings. The van der Waals surface area contributed by atoms with Gasteiger partial charge < -0.3 is 19.4 Å². The van der Waals surface area contributed by atoms with Crippen molar-refractivity contribution in [3.05, 3.63) is 87.3 Å². The molecule has 0 aliphatic rings. The van der Waals surface area contributed by atoms with Gasteiger partial charge in [0.15, 0.2) is 4.27 Å². The molecule has 2 aromatic carbocycles. The zero-order chi connectivity index (χ0) is 24.6. The number of halogens is 1. The van der Waals surface area contributed by atoms with Crippen LogP contribution in [0.3, 0.4) is 0 Å². The highest BCUT2D eigenvalue weighted by Gasteiger charge is 2.34. The van der Waals surface area contributed by atoms with Crippen LogP contribution in [-0.4, -0.2) is 34.0 Å². The lowest BCUT2D eigenvalue weighted by Gasteiger charge is -2.32. The summed E-state index contributed by atoms with van der Waals surface area (Å²) >= 11 is 9.17. The Labute approximate surface area is 213 Å². The summed E-state index contributed by atoms with van der Waals surface area (Å²) in [5, 5.41) is 10.7. The Kier molecular flexibility index (Phi) is 9.79. The van der Waals surface area contributed by atoms with Crippen molar-refractivity contribution >= 4 is 35.1 Å². The number of aromatic nitrogens is 1. The Bertz CT molecular complexity index is 1140. The van der Waals surface area contributed by atoms with Gasteiger partial charge in [0.05, 0.1) is 12.3 Å². The van der Waals surface area contributed by atoms with Crippen LogP contribution in [-0.2, 0) is 16.1 Å². The molecule has 0 saturated heterocycles. The molecule has 1 N–H and O–H groups in total. The van der Waals surface area contributed by atoms with Gasteiger partial charge in [0.2, 0.25) is 0 Å². The second-order valence-corrected chi connectivity index (χ2v) is 10.7. The monoisotopic (exact) mass is 521 g/mol. The molecular formula is C25H28ClNO5S2. The average Bonchev–Trinajstić information content (AvgIpc) is 2.81. The number of ether oxygens (including phenoxy) is 3. The van der Waals surface area contributed by atoms with Crippen LogP contribution in [0.1, 0.15) is 25.1 Å². The van der Waals surface area contributed by atoms with Crippen LogP contribution in [0.5, 0.6) is 5.75 Å². The lowest BCUT2D eigenvalue weighted by molar-refractivity contribution is 0.0201. The summed E-state index contributed by atoms with van der Waals surface area (Å²) in [6.07, 6.45) is 0. The molecule has 1 unspecified atom stereocenters. The van der Waals surface area contributed by atoms with Gasteiger partial charge in [-0.25, -0.2) is 0 Å². The standard InChI is InChI=1S/C25H28ClNO5S2/c1-4-30-17-25(32-5-2,33-22-11-9-19(26)10-12-22)34-23-8-6-7-21(15-23)31-16-20-13-18(3)14-24(28)27(20)29/h6-15,29H,4-5,16-17H2,1-3H3. The molecule has 9 heteroatoms. The molecule has 6 nitrogen and oxygen atoms in total. The summed E-state index contributed by atoms with van der Waals surface area (Å²) in [6, 6.07) is 18.3. The third-order valence-electron chi connectivity index (χ3n) is 4.63. The summed E-state index contributed by atoms with van der Waals surface area (Å²) in [5.41, 5.74) is 0.649. The molecule has 0 saturated carbocycles. The highest BCUT2D eigenvalue weighted by atomic mass is 35.5. The quantitative estimate of drug-likeness (QED) is 0.172. The van der Waals surface area contributed by atoms with E-state index < -0.39 is 9.82 Å². The minimum Gasteiger partial charge on any atom is -0.487 e. The Morgan fingerprint density at radius 1 is 1.00 bits per heavy atom. The number of hydrogen-bond acceptors (Lipinski definition) is 7. The molecule has 1 heterocycles. The summed E-state index contributed by atoms with van der Waals surface area (Å²) in [5.74, 6) is 0.609. The number of hydrogen-bond donors (Lipinski definition) is 1. The number of thioether (sulfide) groups is 2. The molecule has 3 rings (SSSR count). The predicted molar refractivity (Wildman–Crippen MR) is 137 cm³/mol. The molecule has 0 aliphatic heterocycles. The highest BCUT2D eigenvalue weighted by molar-refractivity contribution is 8.18. The highest BCUT2D eigenvalue weighted by Crippen LogP contribution is 2.47. The number of aryl methyl sites for hydroxylation is 1. The van der Waals surface area contributed by atoms with E-state index in [-0.39, 0.29) is 6.61 Å². The number of benzene rings is 2. The molecular weight excluding hydrogens is 494 g/mol.